The fraction of sp³-hybridized carbons (Fsp3) is 0.237. The first-order valence-corrected chi connectivity index (χ1v) is 18.0. The standard InChI is InChI=1S/C38H36N4O5S/c1-48(45,46)41-29-17-14-27(15-18-29)26-12-10-25(11-13-26)23-42-36-21-20-31(47-24-30-19-16-28-6-2-5-9-34(28)39-30)22-35(36)40-37(42)32-7-3-4-8-33(32)38(43)44/h2,5-6,9-22,32-33,41H,3-4,7-8,23-24H2,1H3,(H,43,44)/t32?,33-/m0/s1. The van der Waals surface area contributed by atoms with Crippen LogP contribution in [0.4, 0.5) is 5.69 Å². The van der Waals surface area contributed by atoms with E-state index in [9.17, 15) is 18.3 Å². The molecule has 4 aromatic carbocycles. The summed E-state index contributed by atoms with van der Waals surface area (Å²) in [7, 11) is -3.34. The zero-order chi connectivity index (χ0) is 33.3. The van der Waals surface area contributed by atoms with Crippen molar-refractivity contribution in [3.05, 3.63) is 120 Å². The van der Waals surface area contributed by atoms with E-state index in [4.69, 9.17) is 14.7 Å². The van der Waals surface area contributed by atoms with Crippen LogP contribution in [-0.4, -0.2) is 40.3 Å². The molecule has 1 aliphatic carbocycles. The summed E-state index contributed by atoms with van der Waals surface area (Å²) in [5.41, 5.74) is 6.98. The number of carbonyl (C=O) groups is 1. The minimum Gasteiger partial charge on any atom is -0.487 e. The zero-order valence-electron chi connectivity index (χ0n) is 26.5. The zero-order valence-corrected chi connectivity index (χ0v) is 27.4. The van der Waals surface area contributed by atoms with Crippen molar-refractivity contribution in [2.45, 2.75) is 44.8 Å². The highest BCUT2D eigenvalue weighted by molar-refractivity contribution is 7.92. The molecule has 9 nitrogen and oxygen atoms in total. The molecule has 1 unspecified atom stereocenters. The molecule has 0 amide bonds. The van der Waals surface area contributed by atoms with Crippen LogP contribution in [0.5, 0.6) is 5.75 Å². The summed E-state index contributed by atoms with van der Waals surface area (Å²) in [6, 6.07) is 33.4. The van der Waals surface area contributed by atoms with Gasteiger partial charge in [0.15, 0.2) is 0 Å². The monoisotopic (exact) mass is 660 g/mol. The largest absolute Gasteiger partial charge is 0.487 e. The third-order valence-electron chi connectivity index (χ3n) is 9.02. The molecular weight excluding hydrogens is 625 g/mol. The predicted octanol–water partition coefficient (Wildman–Crippen LogP) is 7.61. The average Bonchev–Trinajstić information content (AvgIpc) is 3.44. The molecule has 0 aliphatic heterocycles. The first-order chi connectivity index (χ1) is 23.2. The Morgan fingerprint density at radius 3 is 2.35 bits per heavy atom. The van der Waals surface area contributed by atoms with Crippen molar-refractivity contribution in [3.8, 4) is 16.9 Å². The topological polar surface area (TPSA) is 123 Å². The Hall–Kier alpha value is -5.22. The maximum Gasteiger partial charge on any atom is 0.307 e. The number of rotatable bonds is 10. The van der Waals surface area contributed by atoms with E-state index in [1.807, 2.05) is 78.9 Å². The van der Waals surface area contributed by atoms with Crippen LogP contribution in [-0.2, 0) is 28.0 Å². The Morgan fingerprint density at radius 1 is 0.875 bits per heavy atom. The lowest BCUT2D eigenvalue weighted by molar-refractivity contribution is -0.143. The molecule has 10 heteroatoms. The number of para-hydroxylation sites is 1. The molecule has 2 N–H and O–H groups in total. The van der Waals surface area contributed by atoms with Crippen LogP contribution in [0.25, 0.3) is 33.1 Å². The van der Waals surface area contributed by atoms with E-state index in [1.165, 1.54) is 0 Å². The molecule has 0 spiro atoms. The fourth-order valence-corrected chi connectivity index (χ4v) is 7.24. The first-order valence-electron chi connectivity index (χ1n) is 16.1. The van der Waals surface area contributed by atoms with Crippen molar-refractivity contribution in [1.29, 1.82) is 0 Å². The molecule has 2 heterocycles. The summed E-state index contributed by atoms with van der Waals surface area (Å²) in [5, 5.41) is 11.2. The summed E-state index contributed by atoms with van der Waals surface area (Å²) in [6.45, 7) is 0.851. The number of ether oxygens (including phenoxy) is 1. The summed E-state index contributed by atoms with van der Waals surface area (Å²) < 4.78 is 33.9. The molecule has 2 atom stereocenters. The minimum absolute atomic E-state index is 0.187. The maximum atomic E-state index is 12.3. The number of carboxylic acid groups (broad SMARTS) is 1. The van der Waals surface area contributed by atoms with Gasteiger partial charge in [-0.15, -0.1) is 0 Å². The second-order valence-corrected chi connectivity index (χ2v) is 14.2. The van der Waals surface area contributed by atoms with Crippen molar-refractivity contribution < 1.29 is 23.1 Å². The second kappa shape index (κ2) is 13.1. The maximum absolute atomic E-state index is 12.3. The smallest absolute Gasteiger partial charge is 0.307 e. The number of anilines is 1. The number of sulfonamides is 1. The van der Waals surface area contributed by atoms with E-state index in [0.29, 0.717) is 31.0 Å². The van der Waals surface area contributed by atoms with Crippen LogP contribution in [0.3, 0.4) is 0 Å². The van der Waals surface area contributed by atoms with Gasteiger partial charge in [-0.05, 0) is 65.9 Å². The van der Waals surface area contributed by atoms with E-state index in [1.54, 1.807) is 12.1 Å². The number of fused-ring (bicyclic) bond motifs is 2. The van der Waals surface area contributed by atoms with Crippen LogP contribution in [0.1, 0.15) is 48.7 Å². The van der Waals surface area contributed by atoms with Crippen LogP contribution in [0.15, 0.2) is 103 Å². The van der Waals surface area contributed by atoms with E-state index < -0.39 is 21.9 Å². The molecule has 1 aliphatic rings. The Balaban J connectivity index is 1.17. The van der Waals surface area contributed by atoms with Crippen molar-refractivity contribution in [3.63, 3.8) is 0 Å². The first kappa shape index (κ1) is 31.4. The number of hydrogen-bond donors (Lipinski definition) is 2. The summed E-state index contributed by atoms with van der Waals surface area (Å²) in [4.78, 5) is 22.1. The molecular formula is C38H36N4O5S. The highest BCUT2D eigenvalue weighted by atomic mass is 32.2. The number of hydrogen-bond acceptors (Lipinski definition) is 6. The molecule has 1 saturated carbocycles. The lowest BCUT2D eigenvalue weighted by atomic mass is 9.78. The van der Waals surface area contributed by atoms with E-state index in [-0.39, 0.29) is 5.92 Å². The third-order valence-corrected chi connectivity index (χ3v) is 9.63. The van der Waals surface area contributed by atoms with Crippen LogP contribution in [0.2, 0.25) is 0 Å². The van der Waals surface area contributed by atoms with Gasteiger partial charge in [0.1, 0.15) is 18.2 Å². The lowest BCUT2D eigenvalue weighted by Crippen LogP contribution is -2.27. The van der Waals surface area contributed by atoms with Crippen molar-refractivity contribution >= 4 is 43.6 Å². The van der Waals surface area contributed by atoms with Crippen molar-refractivity contribution in [2.24, 2.45) is 5.92 Å². The molecule has 0 saturated heterocycles. The molecule has 1 fully saturated rings. The van der Waals surface area contributed by atoms with E-state index in [0.717, 1.165) is 75.7 Å². The van der Waals surface area contributed by atoms with Crippen molar-refractivity contribution in [1.82, 2.24) is 14.5 Å². The summed E-state index contributed by atoms with van der Waals surface area (Å²) >= 11 is 0. The van der Waals surface area contributed by atoms with Gasteiger partial charge in [-0.1, -0.05) is 73.5 Å². The van der Waals surface area contributed by atoms with E-state index in [2.05, 4.69) is 21.4 Å². The third kappa shape index (κ3) is 6.89. The van der Waals surface area contributed by atoms with Gasteiger partial charge >= 0.3 is 5.97 Å². The quantitative estimate of drug-likeness (QED) is 0.155. The number of nitrogens with one attached hydrogen (secondary N) is 1. The van der Waals surface area contributed by atoms with Gasteiger partial charge < -0.3 is 14.4 Å². The Morgan fingerprint density at radius 2 is 1.60 bits per heavy atom. The number of benzene rings is 4. The molecule has 7 rings (SSSR count). The summed E-state index contributed by atoms with van der Waals surface area (Å²) in [5.74, 6) is 0.0321. The van der Waals surface area contributed by atoms with Gasteiger partial charge in [0.25, 0.3) is 0 Å². The number of aliphatic carboxylic acids is 1. The molecule has 2 aromatic heterocycles. The van der Waals surface area contributed by atoms with Gasteiger partial charge in [-0.25, -0.2) is 18.4 Å². The highest BCUT2D eigenvalue weighted by Crippen LogP contribution is 2.39. The number of pyridine rings is 1. The number of aromatic nitrogens is 3. The van der Waals surface area contributed by atoms with Crippen LogP contribution >= 0.6 is 0 Å². The lowest BCUT2D eigenvalue weighted by Gasteiger charge is -2.28. The fourth-order valence-electron chi connectivity index (χ4n) is 6.68. The molecule has 0 radical (unpaired) electrons. The molecule has 244 valence electrons. The normalized spacial score (nSPS) is 16.6. The van der Waals surface area contributed by atoms with Gasteiger partial charge in [-0.2, -0.15) is 0 Å². The summed E-state index contributed by atoms with van der Waals surface area (Å²) in [6.07, 6.45) is 4.42. The van der Waals surface area contributed by atoms with Gasteiger partial charge in [0.05, 0.1) is 34.4 Å². The average molecular weight is 661 g/mol. The Bertz CT molecular complexity index is 2210. The SMILES string of the molecule is CS(=O)(=O)Nc1ccc(-c2ccc(Cn3c(C4CCCC[C@@H]4C(=O)O)nc4cc(OCc5ccc6ccccc6n5)ccc43)cc2)cc1. The highest BCUT2D eigenvalue weighted by Gasteiger charge is 2.35. The van der Waals surface area contributed by atoms with Crippen LogP contribution < -0.4 is 9.46 Å². The van der Waals surface area contributed by atoms with Gasteiger partial charge in [0.2, 0.25) is 10.0 Å². The Labute approximate surface area is 279 Å². The van der Waals surface area contributed by atoms with Crippen LogP contribution in [0, 0.1) is 5.92 Å². The number of nitrogens with zero attached hydrogens (tertiary/aromatic N) is 3. The molecule has 6 aromatic rings. The Kier molecular flexibility index (Phi) is 8.58. The number of imidazole rings is 1. The predicted molar refractivity (Wildman–Crippen MR) is 188 cm³/mol. The number of carboxylic acids is 1. The van der Waals surface area contributed by atoms with Crippen molar-refractivity contribution in [2.75, 3.05) is 11.0 Å². The molecule has 48 heavy (non-hydrogen) atoms. The minimum atomic E-state index is -3.34. The molecule has 0 bridgehead atoms. The van der Waals surface area contributed by atoms with E-state index >= 15 is 0 Å². The second-order valence-electron chi connectivity index (χ2n) is 12.5. The van der Waals surface area contributed by atoms with Gasteiger partial charge in [-0.3, -0.25) is 9.52 Å². The van der Waals surface area contributed by atoms with Gasteiger partial charge in [0, 0.05) is 29.6 Å².